The van der Waals surface area contributed by atoms with Crippen LogP contribution in [0.15, 0.2) is 24.4 Å². The number of anilines is 1. The Morgan fingerprint density at radius 2 is 2.33 bits per heavy atom. The molecule has 0 saturated carbocycles. The number of benzene rings is 1. The minimum Gasteiger partial charge on any atom is -0.395 e. The molecule has 1 heterocycles. The number of carbonyl (C=O) groups is 1. The predicted molar refractivity (Wildman–Crippen MR) is 84.8 cm³/mol. The fourth-order valence-corrected chi connectivity index (χ4v) is 2.55. The fourth-order valence-electron chi connectivity index (χ4n) is 1.64. The van der Waals surface area contributed by atoms with Gasteiger partial charge >= 0.3 is 0 Å². The molecule has 0 unspecified atom stereocenters. The van der Waals surface area contributed by atoms with E-state index in [9.17, 15) is 4.79 Å². The molecule has 1 aromatic carbocycles. The second-order valence-electron chi connectivity index (χ2n) is 4.22. The van der Waals surface area contributed by atoms with Crippen LogP contribution in [0, 0.1) is 18.8 Å². The Kier molecular flexibility index (Phi) is 5.34. The smallest absolute Gasteiger partial charge is 0.257 e. The molecule has 0 aliphatic rings. The summed E-state index contributed by atoms with van der Waals surface area (Å²) >= 11 is 7.16. The maximum atomic E-state index is 12.2. The molecule has 0 fully saturated rings. The number of carbonyl (C=O) groups excluding carboxylic acids is 1. The molecule has 2 N–H and O–H groups in total. The molecule has 0 atom stereocenters. The third-order valence-electron chi connectivity index (χ3n) is 2.61. The van der Waals surface area contributed by atoms with Crippen LogP contribution in [0.2, 0.25) is 5.02 Å². The van der Waals surface area contributed by atoms with E-state index in [2.05, 4.69) is 22.1 Å². The van der Waals surface area contributed by atoms with E-state index in [1.54, 1.807) is 24.4 Å². The zero-order valence-electron chi connectivity index (χ0n) is 11.3. The zero-order valence-corrected chi connectivity index (χ0v) is 12.9. The molecule has 4 nitrogen and oxygen atoms in total. The lowest BCUT2D eigenvalue weighted by atomic mass is 10.1. The molecule has 6 heteroatoms. The van der Waals surface area contributed by atoms with Crippen LogP contribution in [-0.4, -0.2) is 22.6 Å². The van der Waals surface area contributed by atoms with E-state index in [4.69, 9.17) is 16.7 Å². The van der Waals surface area contributed by atoms with E-state index in [1.807, 2.05) is 6.92 Å². The van der Waals surface area contributed by atoms with Crippen molar-refractivity contribution in [3.05, 3.63) is 45.4 Å². The van der Waals surface area contributed by atoms with Crippen molar-refractivity contribution >= 4 is 34.0 Å². The highest BCUT2D eigenvalue weighted by molar-refractivity contribution is 7.16. The molecule has 2 aromatic rings. The molecule has 0 aliphatic carbocycles. The average Bonchev–Trinajstić information content (AvgIpc) is 2.86. The highest BCUT2D eigenvalue weighted by Gasteiger charge is 2.11. The number of nitrogens with zero attached hydrogens (tertiary/aromatic N) is 1. The highest BCUT2D eigenvalue weighted by Crippen LogP contribution is 2.20. The van der Waals surface area contributed by atoms with Crippen molar-refractivity contribution in [3.8, 4) is 11.8 Å². The van der Waals surface area contributed by atoms with E-state index in [1.165, 1.54) is 11.3 Å². The molecule has 0 saturated heterocycles. The first-order chi connectivity index (χ1) is 10.1. The van der Waals surface area contributed by atoms with Gasteiger partial charge in [-0.25, -0.2) is 4.98 Å². The number of thiazole rings is 1. The topological polar surface area (TPSA) is 62.2 Å². The van der Waals surface area contributed by atoms with Gasteiger partial charge in [-0.2, -0.15) is 0 Å². The molecule has 0 bridgehead atoms. The number of halogens is 1. The number of nitrogens with one attached hydrogen (secondary N) is 1. The Morgan fingerprint density at radius 1 is 1.52 bits per heavy atom. The summed E-state index contributed by atoms with van der Waals surface area (Å²) in [6, 6.07) is 5.10. The first-order valence-electron chi connectivity index (χ1n) is 6.23. The lowest BCUT2D eigenvalue weighted by molar-refractivity contribution is 0.102. The summed E-state index contributed by atoms with van der Waals surface area (Å²) in [6.45, 7) is 1.86. The summed E-state index contributed by atoms with van der Waals surface area (Å²) in [5.41, 5.74) is 1.36. The molecule has 2 rings (SSSR count). The number of aliphatic hydroxyl groups is 1. The quantitative estimate of drug-likeness (QED) is 0.854. The number of aromatic nitrogens is 1. The lowest BCUT2D eigenvalue weighted by Crippen LogP contribution is -2.12. The van der Waals surface area contributed by atoms with Gasteiger partial charge in [0.05, 0.1) is 17.7 Å². The van der Waals surface area contributed by atoms with Gasteiger partial charge in [-0.05, 0) is 30.7 Å². The van der Waals surface area contributed by atoms with Gasteiger partial charge in [0.25, 0.3) is 5.91 Å². The summed E-state index contributed by atoms with van der Waals surface area (Å²) in [7, 11) is 0. The first kappa shape index (κ1) is 15.5. The number of hydrogen-bond donors (Lipinski definition) is 2. The number of aryl methyl sites for hydroxylation is 1. The summed E-state index contributed by atoms with van der Waals surface area (Å²) in [6.07, 6.45) is 2.02. The van der Waals surface area contributed by atoms with Gasteiger partial charge in [0, 0.05) is 17.0 Å². The summed E-state index contributed by atoms with van der Waals surface area (Å²) < 4.78 is 0. The lowest BCUT2D eigenvalue weighted by Gasteiger charge is -2.05. The molecular formula is C15H13ClN2O2S. The van der Waals surface area contributed by atoms with Gasteiger partial charge in [0.2, 0.25) is 0 Å². The molecule has 21 heavy (non-hydrogen) atoms. The Balaban J connectivity index is 2.08. The SMILES string of the molecule is Cc1cc(Cl)ccc1C(=O)Nc1ncc(C#CCCO)s1. The zero-order chi connectivity index (χ0) is 15.2. The van der Waals surface area contributed by atoms with Crippen molar-refractivity contribution in [1.82, 2.24) is 4.98 Å². The summed E-state index contributed by atoms with van der Waals surface area (Å²) in [5.74, 6) is 5.45. The van der Waals surface area contributed by atoms with Crippen LogP contribution in [0.4, 0.5) is 5.13 Å². The number of rotatable bonds is 3. The molecule has 0 spiro atoms. The van der Waals surface area contributed by atoms with Crippen LogP contribution in [0.3, 0.4) is 0 Å². The summed E-state index contributed by atoms with van der Waals surface area (Å²) in [4.78, 5) is 17.0. The van der Waals surface area contributed by atoms with E-state index in [0.717, 1.165) is 10.4 Å². The van der Waals surface area contributed by atoms with Gasteiger partial charge < -0.3 is 5.11 Å². The number of hydrogen-bond acceptors (Lipinski definition) is 4. The molecular weight excluding hydrogens is 308 g/mol. The van der Waals surface area contributed by atoms with Gasteiger partial charge in [-0.15, -0.1) is 0 Å². The van der Waals surface area contributed by atoms with Crippen LogP contribution >= 0.6 is 22.9 Å². The fraction of sp³-hybridized carbons (Fsp3) is 0.200. The van der Waals surface area contributed by atoms with Crippen molar-refractivity contribution in [2.75, 3.05) is 11.9 Å². The second-order valence-corrected chi connectivity index (χ2v) is 5.69. The Morgan fingerprint density at radius 3 is 3.05 bits per heavy atom. The second kappa shape index (κ2) is 7.23. The van der Waals surface area contributed by atoms with E-state index >= 15 is 0 Å². The van der Waals surface area contributed by atoms with Crippen molar-refractivity contribution < 1.29 is 9.90 Å². The van der Waals surface area contributed by atoms with E-state index in [-0.39, 0.29) is 12.5 Å². The number of aliphatic hydroxyl groups excluding tert-OH is 1. The average molecular weight is 321 g/mol. The van der Waals surface area contributed by atoms with Gasteiger partial charge in [0.15, 0.2) is 5.13 Å². The van der Waals surface area contributed by atoms with Crippen LogP contribution in [0.1, 0.15) is 27.2 Å². The third kappa shape index (κ3) is 4.30. The minimum absolute atomic E-state index is 0.0330. The maximum Gasteiger partial charge on any atom is 0.257 e. The molecule has 108 valence electrons. The third-order valence-corrected chi connectivity index (χ3v) is 3.67. The van der Waals surface area contributed by atoms with Crippen LogP contribution in [-0.2, 0) is 0 Å². The van der Waals surface area contributed by atoms with E-state index < -0.39 is 0 Å². The summed E-state index contributed by atoms with van der Waals surface area (Å²) in [5, 5.41) is 12.5. The highest BCUT2D eigenvalue weighted by atomic mass is 35.5. The maximum absolute atomic E-state index is 12.2. The Bertz CT molecular complexity index is 716. The van der Waals surface area contributed by atoms with E-state index in [0.29, 0.717) is 22.1 Å². The Labute approximate surface area is 131 Å². The molecule has 1 amide bonds. The van der Waals surface area contributed by atoms with Gasteiger partial charge in [0.1, 0.15) is 0 Å². The molecule has 0 radical (unpaired) electrons. The van der Waals surface area contributed by atoms with Crippen molar-refractivity contribution in [2.45, 2.75) is 13.3 Å². The van der Waals surface area contributed by atoms with Gasteiger partial charge in [-0.1, -0.05) is 34.8 Å². The van der Waals surface area contributed by atoms with Crippen molar-refractivity contribution in [1.29, 1.82) is 0 Å². The monoisotopic (exact) mass is 320 g/mol. The molecule has 0 aliphatic heterocycles. The largest absolute Gasteiger partial charge is 0.395 e. The minimum atomic E-state index is -0.228. The number of amides is 1. The Hall–Kier alpha value is -1.87. The van der Waals surface area contributed by atoms with Crippen LogP contribution < -0.4 is 5.32 Å². The van der Waals surface area contributed by atoms with Crippen molar-refractivity contribution in [2.24, 2.45) is 0 Å². The van der Waals surface area contributed by atoms with Gasteiger partial charge in [-0.3, -0.25) is 10.1 Å². The first-order valence-corrected chi connectivity index (χ1v) is 7.42. The molecule has 1 aromatic heterocycles. The standard InChI is InChI=1S/C15H13ClN2O2S/c1-10-8-11(16)5-6-13(10)14(20)18-15-17-9-12(21-15)4-2-3-7-19/h5-6,8-9,19H,3,7H2,1H3,(H,17,18,20). The van der Waals surface area contributed by atoms with Crippen molar-refractivity contribution in [3.63, 3.8) is 0 Å². The van der Waals surface area contributed by atoms with Crippen LogP contribution in [0.5, 0.6) is 0 Å². The normalized spacial score (nSPS) is 9.86. The van der Waals surface area contributed by atoms with Crippen LogP contribution in [0.25, 0.3) is 0 Å². The predicted octanol–water partition coefficient (Wildman–Crippen LogP) is 3.09.